The van der Waals surface area contributed by atoms with Gasteiger partial charge in [-0.2, -0.15) is 0 Å². The van der Waals surface area contributed by atoms with Gasteiger partial charge in [-0.05, 0) is 19.1 Å². The Morgan fingerprint density at radius 1 is 1.06 bits per heavy atom. The van der Waals surface area contributed by atoms with Crippen LogP contribution in [0, 0.1) is 6.92 Å². The SMILES string of the molecule is Cc1[nH]c(=O)[nH]c(=O)c1-n1nc2ccccc2n1. The highest BCUT2D eigenvalue weighted by atomic mass is 16.2. The Labute approximate surface area is 100 Å². The molecule has 0 fully saturated rings. The molecule has 0 spiro atoms. The third-order valence-electron chi connectivity index (χ3n) is 2.59. The highest BCUT2D eigenvalue weighted by Crippen LogP contribution is 2.10. The van der Waals surface area contributed by atoms with E-state index in [4.69, 9.17) is 0 Å². The fourth-order valence-electron chi connectivity index (χ4n) is 1.79. The van der Waals surface area contributed by atoms with Crippen molar-refractivity contribution in [1.29, 1.82) is 0 Å². The number of nitrogens with zero attached hydrogens (tertiary/aromatic N) is 3. The number of hydrogen-bond acceptors (Lipinski definition) is 4. The molecule has 3 rings (SSSR count). The number of nitrogens with one attached hydrogen (secondary N) is 2. The van der Waals surface area contributed by atoms with Crippen LogP contribution in [-0.2, 0) is 0 Å². The lowest BCUT2D eigenvalue weighted by atomic mass is 10.3. The molecule has 0 aliphatic rings. The number of H-pyrrole nitrogens is 2. The molecule has 2 N–H and O–H groups in total. The van der Waals surface area contributed by atoms with Gasteiger partial charge < -0.3 is 4.98 Å². The quantitative estimate of drug-likeness (QED) is 0.633. The molecule has 0 unspecified atom stereocenters. The lowest BCUT2D eigenvalue weighted by molar-refractivity contribution is 0.735. The lowest BCUT2D eigenvalue weighted by Gasteiger charge is -2.00. The molecule has 18 heavy (non-hydrogen) atoms. The summed E-state index contributed by atoms with van der Waals surface area (Å²) < 4.78 is 0. The summed E-state index contributed by atoms with van der Waals surface area (Å²) in [5.41, 5.74) is 0.939. The molecule has 1 aromatic carbocycles. The first kappa shape index (κ1) is 10.5. The Kier molecular flexibility index (Phi) is 2.12. The van der Waals surface area contributed by atoms with Crippen LogP contribution in [0.5, 0.6) is 0 Å². The van der Waals surface area contributed by atoms with E-state index in [1.165, 1.54) is 4.80 Å². The number of rotatable bonds is 1. The summed E-state index contributed by atoms with van der Waals surface area (Å²) in [4.78, 5) is 28.8. The van der Waals surface area contributed by atoms with E-state index in [1.54, 1.807) is 19.1 Å². The van der Waals surface area contributed by atoms with Gasteiger partial charge in [-0.15, -0.1) is 15.0 Å². The van der Waals surface area contributed by atoms with Crippen molar-refractivity contribution in [3.8, 4) is 5.69 Å². The van der Waals surface area contributed by atoms with Crippen LogP contribution < -0.4 is 11.2 Å². The summed E-state index contributed by atoms with van der Waals surface area (Å²) >= 11 is 0. The Bertz CT molecular complexity index is 809. The van der Waals surface area contributed by atoms with E-state index >= 15 is 0 Å². The summed E-state index contributed by atoms with van der Waals surface area (Å²) in [5.74, 6) is 0. The highest BCUT2D eigenvalue weighted by molar-refractivity contribution is 5.73. The van der Waals surface area contributed by atoms with E-state index in [-0.39, 0.29) is 5.69 Å². The molecule has 3 aromatic rings. The molecule has 0 saturated carbocycles. The first-order valence-corrected chi connectivity index (χ1v) is 5.31. The van der Waals surface area contributed by atoms with E-state index in [9.17, 15) is 9.59 Å². The van der Waals surface area contributed by atoms with Gasteiger partial charge in [-0.3, -0.25) is 9.78 Å². The summed E-state index contributed by atoms with van der Waals surface area (Å²) in [5, 5.41) is 8.40. The Morgan fingerprint density at radius 3 is 2.22 bits per heavy atom. The van der Waals surface area contributed by atoms with Crippen molar-refractivity contribution in [2.75, 3.05) is 0 Å². The molecular formula is C11H9N5O2. The third-order valence-corrected chi connectivity index (χ3v) is 2.59. The fraction of sp³-hybridized carbons (Fsp3) is 0.0909. The number of aryl methyl sites for hydroxylation is 1. The maximum Gasteiger partial charge on any atom is 0.326 e. The van der Waals surface area contributed by atoms with Crippen molar-refractivity contribution in [2.45, 2.75) is 6.92 Å². The Balaban J connectivity index is 2.33. The van der Waals surface area contributed by atoms with Gasteiger partial charge in [-0.1, -0.05) is 12.1 Å². The number of aromatic nitrogens is 5. The molecule has 2 aromatic heterocycles. The van der Waals surface area contributed by atoms with Crippen molar-refractivity contribution < 1.29 is 0 Å². The minimum absolute atomic E-state index is 0.214. The second-order valence-corrected chi connectivity index (χ2v) is 3.86. The molecule has 0 radical (unpaired) electrons. The minimum atomic E-state index is -0.544. The molecule has 0 atom stereocenters. The summed E-state index contributed by atoms with van der Waals surface area (Å²) in [6.45, 7) is 1.62. The monoisotopic (exact) mass is 243 g/mol. The Hall–Kier alpha value is -2.70. The van der Waals surface area contributed by atoms with E-state index in [0.29, 0.717) is 16.7 Å². The summed E-state index contributed by atoms with van der Waals surface area (Å²) in [6, 6.07) is 7.28. The molecule has 0 aliphatic heterocycles. The molecule has 0 aliphatic carbocycles. The van der Waals surface area contributed by atoms with Gasteiger partial charge in [0.05, 0.1) is 0 Å². The van der Waals surface area contributed by atoms with Crippen LogP contribution in [0.2, 0.25) is 0 Å². The van der Waals surface area contributed by atoms with Gasteiger partial charge in [0.2, 0.25) is 0 Å². The smallest absolute Gasteiger partial charge is 0.309 e. The molecule has 2 heterocycles. The van der Waals surface area contributed by atoms with Crippen molar-refractivity contribution in [1.82, 2.24) is 25.0 Å². The number of aromatic amines is 2. The van der Waals surface area contributed by atoms with Crippen LogP contribution in [-0.4, -0.2) is 25.0 Å². The number of hydrogen-bond donors (Lipinski definition) is 2. The van der Waals surface area contributed by atoms with Crippen LogP contribution in [0.1, 0.15) is 5.69 Å². The normalized spacial score (nSPS) is 10.9. The summed E-state index contributed by atoms with van der Waals surface area (Å²) in [6.07, 6.45) is 0. The van der Waals surface area contributed by atoms with E-state index in [0.717, 1.165) is 0 Å². The predicted octanol–water partition coefficient (Wildman–Crippen LogP) is 0.106. The zero-order valence-corrected chi connectivity index (χ0v) is 9.47. The van der Waals surface area contributed by atoms with Crippen LogP contribution in [0.4, 0.5) is 0 Å². The first-order valence-electron chi connectivity index (χ1n) is 5.31. The maximum absolute atomic E-state index is 11.8. The molecule has 7 nitrogen and oxygen atoms in total. The van der Waals surface area contributed by atoms with Gasteiger partial charge in [0.25, 0.3) is 5.56 Å². The highest BCUT2D eigenvalue weighted by Gasteiger charge is 2.11. The predicted molar refractivity (Wildman–Crippen MR) is 64.8 cm³/mol. The van der Waals surface area contributed by atoms with E-state index < -0.39 is 11.2 Å². The van der Waals surface area contributed by atoms with E-state index in [1.807, 2.05) is 12.1 Å². The topological polar surface area (TPSA) is 96.4 Å². The van der Waals surface area contributed by atoms with Crippen LogP contribution in [0.3, 0.4) is 0 Å². The van der Waals surface area contributed by atoms with Gasteiger partial charge >= 0.3 is 5.69 Å². The Morgan fingerprint density at radius 2 is 1.67 bits per heavy atom. The van der Waals surface area contributed by atoms with Gasteiger partial charge in [0.15, 0.2) is 5.69 Å². The molecule has 0 bridgehead atoms. The zero-order valence-electron chi connectivity index (χ0n) is 9.47. The second kappa shape index (κ2) is 3.66. The number of benzene rings is 1. The molecule has 0 amide bonds. The standard InChI is InChI=1S/C11H9N5O2/c1-6-9(10(17)13-11(18)12-6)16-14-7-4-2-3-5-8(7)15-16/h2-5H,1H3,(H2,12,13,17,18). The number of fused-ring (bicyclic) bond motifs is 1. The van der Waals surface area contributed by atoms with Crippen molar-refractivity contribution in [3.63, 3.8) is 0 Å². The van der Waals surface area contributed by atoms with Gasteiger partial charge in [0.1, 0.15) is 11.0 Å². The molecule has 90 valence electrons. The van der Waals surface area contributed by atoms with Crippen LogP contribution in [0.25, 0.3) is 16.7 Å². The average Bonchev–Trinajstić information content (AvgIpc) is 2.70. The average molecular weight is 243 g/mol. The van der Waals surface area contributed by atoms with Crippen LogP contribution in [0.15, 0.2) is 33.9 Å². The van der Waals surface area contributed by atoms with Crippen molar-refractivity contribution in [3.05, 3.63) is 50.8 Å². The van der Waals surface area contributed by atoms with Crippen LogP contribution >= 0.6 is 0 Å². The van der Waals surface area contributed by atoms with Crippen molar-refractivity contribution >= 4 is 11.0 Å². The first-order chi connectivity index (χ1) is 8.65. The molecule has 7 heteroatoms. The zero-order chi connectivity index (χ0) is 12.7. The second-order valence-electron chi connectivity index (χ2n) is 3.86. The van der Waals surface area contributed by atoms with Crippen molar-refractivity contribution in [2.24, 2.45) is 0 Å². The largest absolute Gasteiger partial charge is 0.326 e. The molecular weight excluding hydrogens is 234 g/mol. The van der Waals surface area contributed by atoms with E-state index in [2.05, 4.69) is 20.2 Å². The molecule has 0 saturated heterocycles. The minimum Gasteiger partial charge on any atom is -0.309 e. The lowest BCUT2D eigenvalue weighted by Crippen LogP contribution is -2.28. The summed E-state index contributed by atoms with van der Waals surface area (Å²) in [7, 11) is 0. The van der Waals surface area contributed by atoms with Gasteiger partial charge in [-0.25, -0.2) is 4.79 Å². The maximum atomic E-state index is 11.8. The van der Waals surface area contributed by atoms with Gasteiger partial charge in [0, 0.05) is 5.69 Å². The fourth-order valence-corrected chi connectivity index (χ4v) is 1.79. The third kappa shape index (κ3) is 1.53.